The highest BCUT2D eigenvalue weighted by Gasteiger charge is 2.57. The van der Waals surface area contributed by atoms with Crippen molar-refractivity contribution in [3.8, 4) is 0 Å². The Balaban J connectivity index is 1.94. The van der Waals surface area contributed by atoms with Crippen molar-refractivity contribution >= 4 is 0 Å². The molecule has 1 fully saturated rings. The summed E-state index contributed by atoms with van der Waals surface area (Å²) in [5, 5.41) is 22.8. The Hall–Kier alpha value is -1.16. The maximum Gasteiger partial charge on any atom is 0.142 e. The van der Waals surface area contributed by atoms with Crippen molar-refractivity contribution in [1.29, 1.82) is 0 Å². The maximum absolute atomic E-state index is 11.8. The second-order valence-electron chi connectivity index (χ2n) is 7.61. The van der Waals surface area contributed by atoms with E-state index in [4.69, 9.17) is 4.74 Å². The summed E-state index contributed by atoms with van der Waals surface area (Å²) in [4.78, 5) is 0. The van der Waals surface area contributed by atoms with Gasteiger partial charge in [-0.3, -0.25) is 0 Å². The molecule has 0 heterocycles. The average Bonchev–Trinajstić information content (AvgIpc) is 3.17. The highest BCUT2D eigenvalue weighted by molar-refractivity contribution is 5.42. The van der Waals surface area contributed by atoms with E-state index >= 15 is 0 Å². The molecule has 4 atom stereocenters. The van der Waals surface area contributed by atoms with Crippen LogP contribution < -0.4 is 0 Å². The minimum atomic E-state index is -1.30. The van der Waals surface area contributed by atoms with Gasteiger partial charge in [0.05, 0.1) is 6.10 Å². The smallest absolute Gasteiger partial charge is 0.142 e. The van der Waals surface area contributed by atoms with Crippen molar-refractivity contribution in [2.75, 3.05) is 7.11 Å². The predicted molar refractivity (Wildman–Crippen MR) is 100 cm³/mol. The zero-order chi connectivity index (χ0) is 17.9. The van der Waals surface area contributed by atoms with E-state index in [9.17, 15) is 10.2 Å². The molecule has 3 rings (SSSR count). The summed E-state index contributed by atoms with van der Waals surface area (Å²) in [5.41, 5.74) is 2.00. The molecule has 25 heavy (non-hydrogen) atoms. The minimum Gasteiger partial charge on any atom is -0.389 e. The van der Waals surface area contributed by atoms with Crippen LogP contribution in [0.25, 0.3) is 0 Å². The first-order chi connectivity index (χ1) is 12.1. The SMILES string of the molecule is CCCCCCC1=C2CCC[C@@H]2[C@H](O)[C@@]1(O)[C@@H](OC)c1ccccc1. The lowest BCUT2D eigenvalue weighted by Crippen LogP contribution is -2.49. The molecule has 3 nitrogen and oxygen atoms in total. The quantitative estimate of drug-likeness (QED) is 0.537. The molecule has 0 unspecified atom stereocenters. The van der Waals surface area contributed by atoms with Crippen LogP contribution in [0, 0.1) is 5.92 Å². The Bertz CT molecular complexity index is 595. The summed E-state index contributed by atoms with van der Waals surface area (Å²) in [6.07, 6.45) is 7.35. The molecule has 1 saturated carbocycles. The van der Waals surface area contributed by atoms with Crippen LogP contribution in [-0.4, -0.2) is 29.0 Å². The van der Waals surface area contributed by atoms with Gasteiger partial charge in [0.25, 0.3) is 0 Å². The summed E-state index contributed by atoms with van der Waals surface area (Å²) in [7, 11) is 1.63. The normalized spacial score (nSPS) is 29.9. The van der Waals surface area contributed by atoms with Gasteiger partial charge >= 0.3 is 0 Å². The van der Waals surface area contributed by atoms with E-state index in [1.807, 2.05) is 30.3 Å². The number of hydrogen-bond donors (Lipinski definition) is 2. The van der Waals surface area contributed by atoms with Gasteiger partial charge in [0, 0.05) is 13.0 Å². The summed E-state index contributed by atoms with van der Waals surface area (Å²) < 4.78 is 5.77. The highest BCUT2D eigenvalue weighted by Crippen LogP contribution is 2.54. The molecule has 138 valence electrons. The number of ether oxygens (including phenoxy) is 1. The Morgan fingerprint density at radius 2 is 1.96 bits per heavy atom. The van der Waals surface area contributed by atoms with E-state index in [-0.39, 0.29) is 5.92 Å². The average molecular weight is 344 g/mol. The van der Waals surface area contributed by atoms with Crippen LogP contribution in [0.1, 0.15) is 70.0 Å². The molecule has 0 aliphatic heterocycles. The highest BCUT2D eigenvalue weighted by atomic mass is 16.5. The van der Waals surface area contributed by atoms with E-state index in [0.717, 1.165) is 43.2 Å². The van der Waals surface area contributed by atoms with Gasteiger partial charge in [0.2, 0.25) is 0 Å². The zero-order valence-corrected chi connectivity index (χ0v) is 15.6. The number of aliphatic hydroxyl groups is 2. The van der Waals surface area contributed by atoms with Crippen molar-refractivity contribution in [1.82, 2.24) is 0 Å². The molecule has 0 bridgehead atoms. The number of benzene rings is 1. The number of methoxy groups -OCH3 is 1. The van der Waals surface area contributed by atoms with Crippen LogP contribution in [0.4, 0.5) is 0 Å². The van der Waals surface area contributed by atoms with Crippen molar-refractivity contribution in [3.63, 3.8) is 0 Å². The van der Waals surface area contributed by atoms with E-state index in [1.54, 1.807) is 7.11 Å². The van der Waals surface area contributed by atoms with Gasteiger partial charge in [0.15, 0.2) is 0 Å². The number of hydrogen-bond acceptors (Lipinski definition) is 3. The molecule has 0 amide bonds. The van der Waals surface area contributed by atoms with Crippen LogP contribution in [0.15, 0.2) is 41.5 Å². The third-order valence-corrected chi connectivity index (χ3v) is 6.13. The van der Waals surface area contributed by atoms with Crippen molar-refractivity contribution < 1.29 is 14.9 Å². The number of aliphatic hydroxyl groups excluding tert-OH is 1. The van der Waals surface area contributed by atoms with Gasteiger partial charge in [0.1, 0.15) is 11.7 Å². The Labute approximate surface area is 151 Å². The first-order valence-electron chi connectivity index (χ1n) is 9.85. The molecule has 2 N–H and O–H groups in total. The summed E-state index contributed by atoms with van der Waals surface area (Å²) in [6.45, 7) is 2.21. The molecule has 1 aromatic carbocycles. The van der Waals surface area contributed by atoms with Crippen LogP contribution in [0.3, 0.4) is 0 Å². The van der Waals surface area contributed by atoms with E-state index < -0.39 is 17.8 Å². The first-order valence-corrected chi connectivity index (χ1v) is 9.85. The van der Waals surface area contributed by atoms with Crippen molar-refractivity contribution in [3.05, 3.63) is 47.0 Å². The molecule has 3 heteroatoms. The van der Waals surface area contributed by atoms with Gasteiger partial charge in [-0.05, 0) is 43.2 Å². The van der Waals surface area contributed by atoms with Gasteiger partial charge in [-0.15, -0.1) is 0 Å². The van der Waals surface area contributed by atoms with Crippen molar-refractivity contribution in [2.24, 2.45) is 5.92 Å². The van der Waals surface area contributed by atoms with E-state index in [1.165, 1.54) is 24.8 Å². The predicted octanol–water partition coefficient (Wildman–Crippen LogP) is 4.55. The molecular weight excluding hydrogens is 312 g/mol. The lowest BCUT2D eigenvalue weighted by Gasteiger charge is -2.39. The molecule has 0 radical (unpaired) electrons. The molecule has 2 aliphatic rings. The summed E-state index contributed by atoms with van der Waals surface area (Å²) >= 11 is 0. The lowest BCUT2D eigenvalue weighted by molar-refractivity contribution is -0.139. The van der Waals surface area contributed by atoms with Gasteiger partial charge in [-0.25, -0.2) is 0 Å². The van der Waals surface area contributed by atoms with Crippen LogP contribution >= 0.6 is 0 Å². The number of fused-ring (bicyclic) bond motifs is 1. The largest absolute Gasteiger partial charge is 0.389 e. The fourth-order valence-electron chi connectivity index (χ4n) is 4.94. The summed E-state index contributed by atoms with van der Waals surface area (Å²) in [6, 6.07) is 9.84. The monoisotopic (exact) mass is 344 g/mol. The molecule has 0 spiro atoms. The minimum absolute atomic E-state index is 0.104. The second-order valence-corrected chi connectivity index (χ2v) is 7.61. The van der Waals surface area contributed by atoms with Gasteiger partial charge in [-0.2, -0.15) is 0 Å². The lowest BCUT2D eigenvalue weighted by atomic mass is 9.79. The topological polar surface area (TPSA) is 49.7 Å². The van der Waals surface area contributed by atoms with Gasteiger partial charge in [-0.1, -0.05) is 62.1 Å². The second kappa shape index (κ2) is 8.03. The van der Waals surface area contributed by atoms with Crippen LogP contribution in [0.2, 0.25) is 0 Å². The standard InChI is InChI=1S/C22H32O3/c1-3-4-5-9-15-19-17-13-10-14-18(17)20(23)22(19,24)21(25-2)16-11-7-6-8-12-16/h6-8,11-12,18,20-21,23-24H,3-5,9-10,13-15H2,1-2H3/t18-,20-,21-,22+/m0/s1. The van der Waals surface area contributed by atoms with Crippen LogP contribution in [0.5, 0.6) is 0 Å². The third-order valence-electron chi connectivity index (χ3n) is 6.13. The van der Waals surface area contributed by atoms with Crippen molar-refractivity contribution in [2.45, 2.75) is 76.1 Å². The molecule has 0 aromatic heterocycles. The maximum atomic E-state index is 11.8. The Morgan fingerprint density at radius 3 is 2.64 bits per heavy atom. The Kier molecular flexibility index (Phi) is 5.98. The van der Waals surface area contributed by atoms with E-state index in [2.05, 4.69) is 6.92 Å². The fraction of sp³-hybridized carbons (Fsp3) is 0.636. The molecule has 2 aliphatic carbocycles. The molecule has 0 saturated heterocycles. The molecular formula is C22H32O3. The number of rotatable bonds is 8. The summed E-state index contributed by atoms with van der Waals surface area (Å²) in [5.74, 6) is 0.104. The third kappa shape index (κ3) is 3.30. The first kappa shape index (κ1) is 18.6. The fourth-order valence-corrected chi connectivity index (χ4v) is 4.94. The van der Waals surface area contributed by atoms with Gasteiger partial charge < -0.3 is 14.9 Å². The molecule has 1 aromatic rings. The zero-order valence-electron chi connectivity index (χ0n) is 15.6. The number of unbranched alkanes of at least 4 members (excludes halogenated alkanes) is 3. The van der Waals surface area contributed by atoms with E-state index in [0.29, 0.717) is 0 Å². The Morgan fingerprint density at radius 1 is 1.20 bits per heavy atom. The van der Waals surface area contributed by atoms with Crippen LogP contribution in [-0.2, 0) is 4.74 Å².